The highest BCUT2D eigenvalue weighted by molar-refractivity contribution is 5.94. The molecule has 6 nitrogen and oxygen atoms in total. The largest absolute Gasteiger partial charge is 0.422 e. The van der Waals surface area contributed by atoms with E-state index >= 15 is 0 Å². The first-order valence-corrected chi connectivity index (χ1v) is 9.71. The van der Waals surface area contributed by atoms with Crippen molar-refractivity contribution in [1.29, 1.82) is 0 Å². The summed E-state index contributed by atoms with van der Waals surface area (Å²) in [5, 5.41) is 10.9. The minimum atomic E-state index is -0.591. The minimum Gasteiger partial charge on any atom is -0.422 e. The van der Waals surface area contributed by atoms with Crippen molar-refractivity contribution in [2.24, 2.45) is 0 Å². The van der Waals surface area contributed by atoms with Gasteiger partial charge in [-0.1, -0.05) is 60.7 Å². The van der Waals surface area contributed by atoms with Gasteiger partial charge in [0.1, 0.15) is 5.76 Å². The zero-order chi connectivity index (χ0) is 21.6. The van der Waals surface area contributed by atoms with Crippen molar-refractivity contribution in [2.75, 3.05) is 13.2 Å². The Kier molecular flexibility index (Phi) is 6.01. The van der Waals surface area contributed by atoms with Gasteiger partial charge in [-0.05, 0) is 29.3 Å². The maximum Gasteiger partial charge on any atom is 0.343 e. The summed E-state index contributed by atoms with van der Waals surface area (Å²) in [5.74, 6) is -0.171. The molecular weight excluding hydrogens is 394 g/mol. The van der Waals surface area contributed by atoms with Crippen molar-refractivity contribution < 1.29 is 19.2 Å². The lowest BCUT2D eigenvalue weighted by molar-refractivity contribution is -0.384. The number of nitro groups is 1. The number of nitro benzene ring substituents is 1. The van der Waals surface area contributed by atoms with Crippen LogP contribution in [-0.2, 0) is 9.47 Å². The molecule has 0 aliphatic carbocycles. The smallest absolute Gasteiger partial charge is 0.343 e. The van der Waals surface area contributed by atoms with Gasteiger partial charge >= 0.3 is 5.97 Å². The summed E-state index contributed by atoms with van der Waals surface area (Å²) in [7, 11) is 0. The van der Waals surface area contributed by atoms with Crippen molar-refractivity contribution in [3.05, 3.63) is 123 Å². The average Bonchev–Trinajstić information content (AvgIpc) is 3.26. The zero-order valence-electron chi connectivity index (χ0n) is 16.6. The lowest BCUT2D eigenvalue weighted by Crippen LogP contribution is -2.08. The number of non-ortho nitro benzene ring substituents is 1. The van der Waals surface area contributed by atoms with Gasteiger partial charge in [0.05, 0.1) is 23.7 Å². The standard InChI is InChI=1S/C25H19NO5/c27-25(20-11-13-22(14-12-20)26(28)29)31-24(19-9-5-2-6-10-19)23-17-30-16-21(23)15-18-7-3-1-4-8-18/h1-15H,16-17H2/b21-15+,24-23-. The summed E-state index contributed by atoms with van der Waals surface area (Å²) >= 11 is 0. The van der Waals surface area contributed by atoms with Crippen LogP contribution >= 0.6 is 0 Å². The van der Waals surface area contributed by atoms with Crippen LogP contribution in [0.15, 0.2) is 96.1 Å². The summed E-state index contributed by atoms with van der Waals surface area (Å²) in [6.45, 7) is 0.728. The molecule has 6 heteroatoms. The maximum atomic E-state index is 12.8. The summed E-state index contributed by atoms with van der Waals surface area (Å²) in [4.78, 5) is 23.2. The number of carbonyl (C=O) groups excluding carboxylic acids is 1. The predicted octanol–water partition coefficient (Wildman–Crippen LogP) is 5.28. The molecule has 0 amide bonds. The molecule has 154 valence electrons. The Morgan fingerprint density at radius 1 is 0.871 bits per heavy atom. The molecule has 1 aliphatic heterocycles. The lowest BCUT2D eigenvalue weighted by Gasteiger charge is -2.13. The zero-order valence-corrected chi connectivity index (χ0v) is 16.6. The van der Waals surface area contributed by atoms with Crippen molar-refractivity contribution in [2.45, 2.75) is 0 Å². The Balaban J connectivity index is 1.72. The number of benzene rings is 3. The van der Waals surface area contributed by atoms with Gasteiger partial charge in [-0.15, -0.1) is 0 Å². The van der Waals surface area contributed by atoms with Crippen molar-refractivity contribution in [3.8, 4) is 0 Å². The fourth-order valence-corrected chi connectivity index (χ4v) is 3.29. The molecule has 4 rings (SSSR count). The van der Waals surface area contributed by atoms with E-state index in [0.29, 0.717) is 19.0 Å². The molecule has 1 aliphatic rings. The van der Waals surface area contributed by atoms with E-state index in [0.717, 1.165) is 22.3 Å². The van der Waals surface area contributed by atoms with E-state index in [-0.39, 0.29) is 11.3 Å². The van der Waals surface area contributed by atoms with Crippen LogP contribution in [0.3, 0.4) is 0 Å². The van der Waals surface area contributed by atoms with Gasteiger partial charge in [0.25, 0.3) is 5.69 Å². The highest BCUT2D eigenvalue weighted by Gasteiger charge is 2.24. The van der Waals surface area contributed by atoms with Crippen LogP contribution in [0.1, 0.15) is 21.5 Å². The van der Waals surface area contributed by atoms with E-state index in [1.165, 1.54) is 24.3 Å². The van der Waals surface area contributed by atoms with Gasteiger partial charge in [-0.3, -0.25) is 10.1 Å². The van der Waals surface area contributed by atoms with E-state index in [4.69, 9.17) is 9.47 Å². The third kappa shape index (κ3) is 4.76. The second-order valence-corrected chi connectivity index (χ2v) is 6.94. The Hall–Kier alpha value is -4.03. The lowest BCUT2D eigenvalue weighted by atomic mass is 10.0. The first-order chi connectivity index (χ1) is 15.1. The van der Waals surface area contributed by atoms with Crippen LogP contribution in [0.25, 0.3) is 11.8 Å². The highest BCUT2D eigenvalue weighted by Crippen LogP contribution is 2.31. The first-order valence-electron chi connectivity index (χ1n) is 9.71. The molecule has 31 heavy (non-hydrogen) atoms. The summed E-state index contributed by atoms with van der Waals surface area (Å²) < 4.78 is 11.5. The number of ether oxygens (including phenoxy) is 2. The van der Waals surface area contributed by atoms with Gasteiger partial charge in [0.15, 0.2) is 0 Å². The quantitative estimate of drug-likeness (QED) is 0.246. The molecule has 0 aromatic heterocycles. The SMILES string of the molecule is O=C(O/C(=C1/COC/C1=C\c1ccccc1)c1ccccc1)c1ccc([N+](=O)[O-])cc1. The number of carbonyl (C=O) groups is 1. The Morgan fingerprint density at radius 3 is 2.16 bits per heavy atom. The van der Waals surface area contributed by atoms with E-state index in [1.54, 1.807) is 0 Å². The molecule has 0 bridgehead atoms. The molecule has 3 aromatic carbocycles. The normalized spacial score (nSPS) is 16.2. The topological polar surface area (TPSA) is 78.7 Å². The number of nitrogens with zero attached hydrogens (tertiary/aromatic N) is 1. The molecule has 0 radical (unpaired) electrons. The molecule has 0 saturated carbocycles. The molecule has 0 atom stereocenters. The van der Waals surface area contributed by atoms with E-state index in [9.17, 15) is 14.9 Å². The van der Waals surface area contributed by atoms with E-state index in [1.807, 2.05) is 66.7 Å². The van der Waals surface area contributed by atoms with Crippen LogP contribution < -0.4 is 0 Å². The van der Waals surface area contributed by atoms with E-state index in [2.05, 4.69) is 0 Å². The Labute approximate surface area is 179 Å². The fraction of sp³-hybridized carbons (Fsp3) is 0.0800. The van der Waals surface area contributed by atoms with Gasteiger partial charge in [-0.2, -0.15) is 0 Å². The van der Waals surface area contributed by atoms with Gasteiger partial charge in [-0.25, -0.2) is 4.79 Å². The van der Waals surface area contributed by atoms with Crippen LogP contribution in [0.4, 0.5) is 5.69 Å². The van der Waals surface area contributed by atoms with Crippen LogP contribution in [-0.4, -0.2) is 24.1 Å². The molecule has 3 aromatic rings. The van der Waals surface area contributed by atoms with Gasteiger partial charge < -0.3 is 9.47 Å². The Bertz CT molecular complexity index is 1150. The number of rotatable bonds is 5. The van der Waals surface area contributed by atoms with Crippen molar-refractivity contribution >= 4 is 23.5 Å². The Morgan fingerprint density at radius 2 is 1.52 bits per heavy atom. The number of hydrogen-bond acceptors (Lipinski definition) is 5. The average molecular weight is 413 g/mol. The highest BCUT2D eigenvalue weighted by atomic mass is 16.6. The minimum absolute atomic E-state index is 0.0875. The molecule has 1 fully saturated rings. The van der Waals surface area contributed by atoms with Crippen molar-refractivity contribution in [1.82, 2.24) is 0 Å². The van der Waals surface area contributed by atoms with Gasteiger partial charge in [0.2, 0.25) is 0 Å². The van der Waals surface area contributed by atoms with Crippen LogP contribution in [0.5, 0.6) is 0 Å². The molecule has 0 N–H and O–H groups in total. The summed E-state index contributed by atoms with van der Waals surface area (Å²) in [6.07, 6.45) is 2.02. The summed E-state index contributed by atoms with van der Waals surface area (Å²) in [6, 6.07) is 24.5. The fourth-order valence-electron chi connectivity index (χ4n) is 3.29. The van der Waals surface area contributed by atoms with Crippen LogP contribution in [0, 0.1) is 10.1 Å². The summed E-state index contributed by atoms with van der Waals surface area (Å²) in [5.41, 5.74) is 3.64. The third-order valence-electron chi connectivity index (χ3n) is 4.85. The predicted molar refractivity (Wildman–Crippen MR) is 117 cm³/mol. The number of esters is 1. The molecule has 0 spiro atoms. The second kappa shape index (κ2) is 9.19. The first kappa shape index (κ1) is 20.3. The van der Waals surface area contributed by atoms with Crippen LogP contribution in [0.2, 0.25) is 0 Å². The molecule has 1 saturated heterocycles. The van der Waals surface area contributed by atoms with Crippen molar-refractivity contribution in [3.63, 3.8) is 0 Å². The number of hydrogen-bond donors (Lipinski definition) is 0. The molecule has 1 heterocycles. The van der Waals surface area contributed by atoms with Gasteiger partial charge in [0, 0.05) is 23.3 Å². The monoisotopic (exact) mass is 413 g/mol. The molecule has 0 unspecified atom stereocenters. The third-order valence-corrected chi connectivity index (χ3v) is 4.85. The second-order valence-electron chi connectivity index (χ2n) is 6.94. The molecular formula is C25H19NO5. The maximum absolute atomic E-state index is 12.8. The van der Waals surface area contributed by atoms with E-state index < -0.39 is 10.9 Å².